The third-order valence-electron chi connectivity index (χ3n) is 4.45. The molecule has 0 saturated heterocycles. The fraction of sp³-hybridized carbons (Fsp3) is 0.0870. The molecule has 0 atom stereocenters. The summed E-state index contributed by atoms with van der Waals surface area (Å²) >= 11 is 4.93. The summed E-state index contributed by atoms with van der Waals surface area (Å²) in [6.07, 6.45) is 0. The number of H-pyrrole nitrogens is 1. The summed E-state index contributed by atoms with van der Waals surface area (Å²) in [7, 11) is 4.00. The first-order valence-electron chi connectivity index (χ1n) is 9.58. The standard InChI is InChI=1S/C23H20N6OS/c1-29(2)20-14-10-16(11-15-20)21(26-25-19-6-4-3-5-7-19)24-18-12-8-17(9-13-18)22-27-28-23(31)30-22/h3-15H,1-2H3,(H,28,31). The van der Waals surface area contributed by atoms with E-state index in [1.165, 1.54) is 0 Å². The fourth-order valence-corrected chi connectivity index (χ4v) is 2.93. The maximum atomic E-state index is 5.35. The topological polar surface area (TPSA) is 82.1 Å². The lowest BCUT2D eigenvalue weighted by molar-refractivity contribution is 0.552. The van der Waals surface area contributed by atoms with Gasteiger partial charge in [0, 0.05) is 30.9 Å². The summed E-state index contributed by atoms with van der Waals surface area (Å²) in [4.78, 5) is 7.00. The molecule has 0 bridgehead atoms. The SMILES string of the molecule is CN(C)c1ccc(C(N=Nc2ccccc2)=Nc2ccc(-c3n[nH]c(=S)o3)cc2)cc1. The molecule has 1 heterocycles. The van der Waals surface area contributed by atoms with E-state index in [1.807, 2.05) is 97.9 Å². The molecule has 1 N–H and O–H groups in total. The minimum Gasteiger partial charge on any atom is -0.409 e. The Labute approximate surface area is 184 Å². The second-order valence-corrected chi connectivity index (χ2v) is 7.25. The van der Waals surface area contributed by atoms with Gasteiger partial charge in [0.15, 0.2) is 5.84 Å². The summed E-state index contributed by atoms with van der Waals surface area (Å²) in [6.45, 7) is 0. The van der Waals surface area contributed by atoms with Crippen molar-refractivity contribution in [2.24, 2.45) is 15.2 Å². The molecule has 154 valence electrons. The van der Waals surface area contributed by atoms with Crippen molar-refractivity contribution in [3.8, 4) is 11.5 Å². The molecule has 8 heteroatoms. The van der Waals surface area contributed by atoms with E-state index in [0.717, 1.165) is 28.2 Å². The van der Waals surface area contributed by atoms with Crippen LogP contribution in [0, 0.1) is 4.84 Å². The zero-order chi connectivity index (χ0) is 21.6. The number of anilines is 1. The van der Waals surface area contributed by atoms with Crippen molar-refractivity contribution in [1.82, 2.24) is 10.2 Å². The van der Waals surface area contributed by atoms with Gasteiger partial charge in [-0.1, -0.05) is 18.2 Å². The van der Waals surface area contributed by atoms with Crippen LogP contribution in [-0.4, -0.2) is 30.1 Å². The van der Waals surface area contributed by atoms with Crippen LogP contribution < -0.4 is 4.90 Å². The smallest absolute Gasteiger partial charge is 0.284 e. The van der Waals surface area contributed by atoms with Crippen molar-refractivity contribution < 1.29 is 4.42 Å². The van der Waals surface area contributed by atoms with Gasteiger partial charge in [-0.2, -0.15) is 0 Å². The highest BCUT2D eigenvalue weighted by atomic mass is 32.1. The Bertz CT molecular complexity index is 1260. The van der Waals surface area contributed by atoms with Gasteiger partial charge >= 0.3 is 0 Å². The van der Waals surface area contributed by atoms with Gasteiger partial charge < -0.3 is 9.32 Å². The molecule has 0 fully saturated rings. The zero-order valence-electron chi connectivity index (χ0n) is 17.1. The number of benzene rings is 3. The lowest BCUT2D eigenvalue weighted by Crippen LogP contribution is -2.08. The lowest BCUT2D eigenvalue weighted by Gasteiger charge is -2.12. The molecule has 0 aliphatic heterocycles. The second-order valence-electron chi connectivity index (χ2n) is 6.88. The van der Waals surface area contributed by atoms with Crippen molar-refractivity contribution in [2.45, 2.75) is 0 Å². The van der Waals surface area contributed by atoms with E-state index >= 15 is 0 Å². The third kappa shape index (κ3) is 5.18. The van der Waals surface area contributed by atoms with Crippen LogP contribution in [0.25, 0.3) is 11.5 Å². The van der Waals surface area contributed by atoms with Crippen molar-refractivity contribution in [2.75, 3.05) is 19.0 Å². The van der Waals surface area contributed by atoms with Crippen molar-refractivity contribution >= 4 is 35.1 Å². The third-order valence-corrected chi connectivity index (χ3v) is 4.62. The Morgan fingerprint density at radius 2 is 1.61 bits per heavy atom. The molecule has 0 saturated carbocycles. The molecule has 0 aliphatic carbocycles. The predicted octanol–water partition coefficient (Wildman–Crippen LogP) is 6.33. The number of hydrogen-bond donors (Lipinski definition) is 1. The Kier molecular flexibility index (Phi) is 6.09. The predicted molar refractivity (Wildman–Crippen MR) is 125 cm³/mol. The van der Waals surface area contributed by atoms with E-state index in [-0.39, 0.29) is 4.84 Å². The number of hydrogen-bond acceptors (Lipinski definition) is 6. The molecule has 0 amide bonds. The van der Waals surface area contributed by atoms with Crippen LogP contribution in [0.3, 0.4) is 0 Å². The van der Waals surface area contributed by atoms with Gasteiger partial charge in [-0.25, -0.2) is 10.1 Å². The van der Waals surface area contributed by atoms with Gasteiger partial charge in [-0.15, -0.1) is 15.3 Å². The first-order chi connectivity index (χ1) is 15.1. The van der Waals surface area contributed by atoms with E-state index in [1.54, 1.807) is 0 Å². The second kappa shape index (κ2) is 9.27. The van der Waals surface area contributed by atoms with E-state index in [2.05, 4.69) is 20.4 Å². The first-order valence-corrected chi connectivity index (χ1v) is 9.98. The minimum atomic E-state index is 0.238. The van der Waals surface area contributed by atoms with Gasteiger partial charge in [-0.05, 0) is 72.9 Å². The van der Waals surface area contributed by atoms with Crippen LogP contribution in [-0.2, 0) is 0 Å². The maximum Gasteiger partial charge on any atom is 0.284 e. The van der Waals surface area contributed by atoms with E-state index in [0.29, 0.717) is 11.7 Å². The normalized spacial score (nSPS) is 11.7. The Morgan fingerprint density at radius 3 is 2.23 bits per heavy atom. The van der Waals surface area contributed by atoms with Gasteiger partial charge in [0.2, 0.25) is 5.89 Å². The Balaban J connectivity index is 1.68. The van der Waals surface area contributed by atoms with Gasteiger partial charge in [0.05, 0.1) is 11.4 Å². The lowest BCUT2D eigenvalue weighted by atomic mass is 10.1. The molecule has 7 nitrogen and oxygen atoms in total. The molecule has 0 aliphatic rings. The number of nitrogens with one attached hydrogen (secondary N) is 1. The number of amidine groups is 1. The highest BCUT2D eigenvalue weighted by Gasteiger charge is 2.07. The molecule has 4 aromatic rings. The molecular weight excluding hydrogens is 408 g/mol. The summed E-state index contributed by atoms with van der Waals surface area (Å²) in [5.41, 5.74) is 4.25. The van der Waals surface area contributed by atoms with Crippen LogP contribution in [0.2, 0.25) is 0 Å². The quantitative estimate of drug-likeness (QED) is 0.174. The molecule has 0 unspecified atom stereocenters. The summed E-state index contributed by atoms with van der Waals surface area (Å²) in [6, 6.07) is 25.1. The highest BCUT2D eigenvalue weighted by Crippen LogP contribution is 2.23. The molecule has 0 spiro atoms. The van der Waals surface area contributed by atoms with Crippen molar-refractivity contribution in [3.05, 3.63) is 89.3 Å². The van der Waals surface area contributed by atoms with Crippen LogP contribution in [0.15, 0.2) is 98.5 Å². The number of rotatable bonds is 5. The average molecular weight is 429 g/mol. The van der Waals surface area contributed by atoms with E-state index in [9.17, 15) is 0 Å². The summed E-state index contributed by atoms with van der Waals surface area (Å²) in [5, 5.41) is 15.4. The van der Waals surface area contributed by atoms with Crippen molar-refractivity contribution in [1.29, 1.82) is 0 Å². The first kappa shape index (κ1) is 20.4. The number of azo groups is 1. The van der Waals surface area contributed by atoms with E-state index in [4.69, 9.17) is 21.6 Å². The van der Waals surface area contributed by atoms with Gasteiger partial charge in [0.25, 0.3) is 4.84 Å². The average Bonchev–Trinajstić information content (AvgIpc) is 3.24. The number of nitrogens with zero attached hydrogens (tertiary/aromatic N) is 5. The summed E-state index contributed by atoms with van der Waals surface area (Å²) in [5.74, 6) is 0.947. The fourth-order valence-electron chi connectivity index (χ4n) is 2.81. The molecular formula is C23H20N6OS. The number of aromatic nitrogens is 2. The van der Waals surface area contributed by atoms with Crippen LogP contribution in [0.1, 0.15) is 5.56 Å². The van der Waals surface area contributed by atoms with Gasteiger partial charge in [0.1, 0.15) is 0 Å². The molecule has 3 aromatic carbocycles. The monoisotopic (exact) mass is 428 g/mol. The highest BCUT2D eigenvalue weighted by molar-refractivity contribution is 7.71. The molecule has 1 aromatic heterocycles. The van der Waals surface area contributed by atoms with Gasteiger partial charge in [-0.3, -0.25) is 0 Å². The molecule has 0 radical (unpaired) electrons. The van der Waals surface area contributed by atoms with E-state index < -0.39 is 0 Å². The van der Waals surface area contributed by atoms with Crippen LogP contribution >= 0.6 is 12.2 Å². The van der Waals surface area contributed by atoms with Crippen LogP contribution in [0.4, 0.5) is 17.1 Å². The minimum absolute atomic E-state index is 0.238. The van der Waals surface area contributed by atoms with Crippen LogP contribution in [0.5, 0.6) is 0 Å². The largest absolute Gasteiger partial charge is 0.409 e. The molecule has 4 rings (SSSR count). The maximum absolute atomic E-state index is 5.35. The number of aliphatic imine (C=N–C) groups is 1. The Morgan fingerprint density at radius 1 is 0.903 bits per heavy atom. The Hall–Kier alpha value is -3.91. The number of aromatic amines is 1. The zero-order valence-corrected chi connectivity index (χ0v) is 17.9. The van der Waals surface area contributed by atoms with Crippen molar-refractivity contribution in [3.63, 3.8) is 0 Å². The summed E-state index contributed by atoms with van der Waals surface area (Å²) < 4.78 is 5.35. The molecule has 31 heavy (non-hydrogen) atoms.